The number of fused-ring (bicyclic) bond motifs is 2. The lowest BCUT2D eigenvalue weighted by molar-refractivity contribution is -0.159. The summed E-state index contributed by atoms with van der Waals surface area (Å²) < 4.78 is 40.4. The molecule has 0 atom stereocenters. The van der Waals surface area contributed by atoms with Crippen LogP contribution >= 0.6 is 0 Å². The van der Waals surface area contributed by atoms with Crippen molar-refractivity contribution in [1.29, 1.82) is 0 Å². The van der Waals surface area contributed by atoms with Crippen LogP contribution in [-0.4, -0.2) is 46.9 Å². The van der Waals surface area contributed by atoms with E-state index in [4.69, 9.17) is 0 Å². The normalized spacial score (nSPS) is 13.8. The van der Waals surface area contributed by atoms with E-state index in [1.165, 1.54) is 0 Å². The molecule has 0 aliphatic carbocycles. The van der Waals surface area contributed by atoms with Gasteiger partial charge in [-0.25, -0.2) is 9.78 Å². The Labute approximate surface area is 161 Å². The van der Waals surface area contributed by atoms with Gasteiger partial charge in [-0.15, -0.1) is 0 Å². The quantitative estimate of drug-likeness (QED) is 0.698. The fourth-order valence-electron chi connectivity index (χ4n) is 3.00. The average molecular weight is 402 g/mol. The molecule has 1 aromatic heterocycles. The van der Waals surface area contributed by atoms with Crippen LogP contribution in [0.4, 0.5) is 23.9 Å². The van der Waals surface area contributed by atoms with Crippen molar-refractivity contribution in [2.45, 2.75) is 6.18 Å². The van der Waals surface area contributed by atoms with Gasteiger partial charge in [0.25, 0.3) is 0 Å². The van der Waals surface area contributed by atoms with Gasteiger partial charge in [-0.1, -0.05) is 30.3 Å². The summed E-state index contributed by atoms with van der Waals surface area (Å²) in [6, 6.07) is 12.3. The van der Waals surface area contributed by atoms with Gasteiger partial charge in [0.2, 0.25) is 5.95 Å². The number of carbonyl (C=O) groups excluding carboxylic acids is 2. The molecule has 29 heavy (non-hydrogen) atoms. The Hall–Kier alpha value is -3.69. The zero-order chi connectivity index (χ0) is 20.6. The maximum absolute atomic E-state index is 12.1. The van der Waals surface area contributed by atoms with Crippen LogP contribution < -0.4 is 5.32 Å². The lowest BCUT2D eigenvalue weighted by Crippen LogP contribution is -2.23. The molecule has 0 spiro atoms. The number of rotatable bonds is 3. The minimum Gasteiger partial charge on any atom is -0.440 e. The molecule has 1 aliphatic heterocycles. The number of halogens is 3. The number of ether oxygens (including phenoxy) is 1. The number of nitrogens with zero attached hydrogens (tertiary/aromatic N) is 2. The van der Waals surface area contributed by atoms with E-state index >= 15 is 0 Å². The van der Waals surface area contributed by atoms with Crippen molar-refractivity contribution in [2.24, 2.45) is 4.99 Å². The fraction of sp³-hybridized carbons (Fsp3) is 0.158. The third-order valence-corrected chi connectivity index (χ3v) is 4.21. The van der Waals surface area contributed by atoms with E-state index in [2.05, 4.69) is 25.0 Å². The molecular formula is C19H13F3N4O3. The molecule has 0 unspecified atom stereocenters. The third-order valence-electron chi connectivity index (χ3n) is 4.21. The second-order valence-corrected chi connectivity index (χ2v) is 6.27. The molecule has 1 aliphatic rings. The minimum atomic E-state index is -4.61. The number of amides is 1. The smallest absolute Gasteiger partial charge is 0.422 e. The lowest BCUT2D eigenvalue weighted by atomic mass is 9.92. The van der Waals surface area contributed by atoms with Crippen molar-refractivity contribution in [1.82, 2.24) is 9.97 Å². The Balaban J connectivity index is 1.58. The third kappa shape index (κ3) is 3.96. The molecule has 4 rings (SSSR count). The molecule has 7 nitrogen and oxygen atoms in total. The number of ketones is 1. The van der Waals surface area contributed by atoms with Gasteiger partial charge < -0.3 is 9.72 Å². The van der Waals surface area contributed by atoms with Gasteiger partial charge >= 0.3 is 12.3 Å². The molecule has 2 N–H and O–H groups in total. The molecule has 0 saturated carbocycles. The lowest BCUT2D eigenvalue weighted by Gasteiger charge is -2.16. The van der Waals surface area contributed by atoms with Crippen molar-refractivity contribution in [2.75, 3.05) is 18.5 Å². The summed E-state index contributed by atoms with van der Waals surface area (Å²) in [7, 11) is 0. The molecule has 0 radical (unpaired) electrons. The summed E-state index contributed by atoms with van der Waals surface area (Å²) in [6.07, 6.45) is -5.89. The number of H-pyrrole nitrogens is 1. The van der Waals surface area contributed by atoms with Crippen molar-refractivity contribution >= 4 is 34.6 Å². The van der Waals surface area contributed by atoms with E-state index in [0.29, 0.717) is 22.3 Å². The Bertz CT molecular complexity index is 1150. The van der Waals surface area contributed by atoms with Crippen molar-refractivity contribution < 1.29 is 27.5 Å². The van der Waals surface area contributed by atoms with Gasteiger partial charge in [0, 0.05) is 16.7 Å². The first-order chi connectivity index (χ1) is 13.8. The molecule has 3 aromatic rings. The average Bonchev–Trinajstić information content (AvgIpc) is 3.08. The highest BCUT2D eigenvalue weighted by Gasteiger charge is 2.29. The van der Waals surface area contributed by atoms with Gasteiger partial charge in [0.05, 0.1) is 16.7 Å². The number of aromatic nitrogens is 2. The van der Waals surface area contributed by atoms with Crippen molar-refractivity contribution in [3.8, 4) is 0 Å². The second-order valence-electron chi connectivity index (χ2n) is 6.27. The van der Waals surface area contributed by atoms with Gasteiger partial charge in [-0.05, 0) is 12.1 Å². The Morgan fingerprint density at radius 1 is 1.17 bits per heavy atom. The number of benzene rings is 2. The summed E-state index contributed by atoms with van der Waals surface area (Å²) in [5.41, 5.74) is 3.71. The summed E-state index contributed by atoms with van der Waals surface area (Å²) >= 11 is 0. The Morgan fingerprint density at radius 2 is 1.93 bits per heavy atom. The first kappa shape index (κ1) is 18.7. The van der Waals surface area contributed by atoms with E-state index < -0.39 is 18.9 Å². The maximum atomic E-state index is 12.1. The summed E-state index contributed by atoms with van der Waals surface area (Å²) in [4.78, 5) is 34.8. The highest BCUT2D eigenvalue weighted by molar-refractivity contribution is 6.22. The van der Waals surface area contributed by atoms with Gasteiger partial charge in [-0.2, -0.15) is 13.2 Å². The first-order valence-electron chi connectivity index (χ1n) is 8.48. The van der Waals surface area contributed by atoms with Crippen LogP contribution in [0, 0.1) is 0 Å². The van der Waals surface area contributed by atoms with E-state index in [1.54, 1.807) is 30.3 Å². The minimum absolute atomic E-state index is 0.0468. The zero-order valence-electron chi connectivity index (χ0n) is 14.7. The molecule has 0 bridgehead atoms. The largest absolute Gasteiger partial charge is 0.440 e. The van der Waals surface area contributed by atoms with Gasteiger partial charge in [-0.3, -0.25) is 15.1 Å². The first-order valence-corrected chi connectivity index (χ1v) is 8.48. The number of aromatic amines is 1. The Morgan fingerprint density at radius 3 is 2.69 bits per heavy atom. The number of nitrogens with one attached hydrogen (secondary N) is 2. The molecule has 148 valence electrons. The van der Waals surface area contributed by atoms with E-state index in [-0.39, 0.29) is 18.3 Å². The number of hydrogen-bond acceptors (Lipinski definition) is 5. The highest BCUT2D eigenvalue weighted by atomic mass is 19.4. The second kappa shape index (κ2) is 7.04. The molecule has 10 heteroatoms. The number of anilines is 1. The molecular weight excluding hydrogens is 389 g/mol. The van der Waals surface area contributed by atoms with Crippen LogP contribution in [0.1, 0.15) is 21.5 Å². The van der Waals surface area contributed by atoms with Crippen LogP contribution in [0.25, 0.3) is 11.0 Å². The number of carbonyl (C=O) groups is 2. The summed E-state index contributed by atoms with van der Waals surface area (Å²) in [6.45, 7) is -1.65. The Kier molecular flexibility index (Phi) is 4.53. The molecule has 0 fully saturated rings. The summed E-state index contributed by atoms with van der Waals surface area (Å²) in [5.74, 6) is -0.110. The monoisotopic (exact) mass is 402 g/mol. The summed E-state index contributed by atoms with van der Waals surface area (Å²) in [5, 5.41) is 2.12. The highest BCUT2D eigenvalue weighted by Crippen LogP contribution is 2.23. The number of hydrogen-bond donors (Lipinski definition) is 2. The van der Waals surface area contributed by atoms with Gasteiger partial charge in [0.15, 0.2) is 12.4 Å². The van der Waals surface area contributed by atoms with E-state index in [1.807, 2.05) is 12.1 Å². The van der Waals surface area contributed by atoms with Crippen LogP contribution in [0.2, 0.25) is 0 Å². The SMILES string of the molecule is O=C(Nc1nc2ccc(C3=NCC(=O)c4ccccc43)cc2[nH]1)OCC(F)(F)F. The van der Waals surface area contributed by atoms with Crippen molar-refractivity contribution in [3.63, 3.8) is 0 Å². The van der Waals surface area contributed by atoms with Gasteiger partial charge in [0.1, 0.15) is 6.54 Å². The maximum Gasteiger partial charge on any atom is 0.422 e. The number of imidazole rings is 1. The fourth-order valence-corrected chi connectivity index (χ4v) is 3.00. The van der Waals surface area contributed by atoms with Crippen LogP contribution in [-0.2, 0) is 4.74 Å². The van der Waals surface area contributed by atoms with Crippen LogP contribution in [0.3, 0.4) is 0 Å². The molecule has 0 saturated heterocycles. The predicted octanol–water partition coefficient (Wildman–Crippen LogP) is 3.71. The number of Topliss-reactive ketones (excluding diaryl/α,β-unsaturated/α-hetero) is 1. The predicted molar refractivity (Wildman–Crippen MR) is 98.4 cm³/mol. The standard InChI is InChI=1S/C19H13F3N4O3/c20-19(21,22)9-29-18(28)26-17-24-13-6-5-10(7-14(13)25-17)16-12-4-2-1-3-11(12)15(27)8-23-16/h1-7H,8-9H2,(H2,24,25,26,28). The molecule has 2 aromatic carbocycles. The zero-order valence-corrected chi connectivity index (χ0v) is 14.7. The van der Waals surface area contributed by atoms with E-state index in [0.717, 1.165) is 11.1 Å². The van der Waals surface area contributed by atoms with Crippen LogP contribution in [0.15, 0.2) is 47.5 Å². The topological polar surface area (TPSA) is 96.4 Å². The molecule has 1 amide bonds. The van der Waals surface area contributed by atoms with E-state index in [9.17, 15) is 22.8 Å². The van der Waals surface area contributed by atoms with Crippen molar-refractivity contribution in [3.05, 3.63) is 59.2 Å². The van der Waals surface area contributed by atoms with Crippen LogP contribution in [0.5, 0.6) is 0 Å². The molecule has 2 heterocycles. The number of alkyl halides is 3. The number of aliphatic imine (C=N–C) groups is 1.